The van der Waals surface area contributed by atoms with Crippen molar-refractivity contribution < 1.29 is 13.9 Å². The molecule has 0 amide bonds. The highest BCUT2D eigenvalue weighted by Crippen LogP contribution is 2.30. The number of ether oxygens (including phenoxy) is 2. The first-order valence-corrected chi connectivity index (χ1v) is 5.23. The normalized spacial score (nSPS) is 11.7. The number of thiol groups is 1. The van der Waals surface area contributed by atoms with E-state index in [4.69, 9.17) is 13.9 Å². The van der Waals surface area contributed by atoms with Crippen molar-refractivity contribution in [3.8, 4) is 0 Å². The lowest BCUT2D eigenvalue weighted by Gasteiger charge is -2.31. The smallest absolute Gasteiger partial charge is 0.246 e. The monoisotopic (exact) mass is 241 g/mol. The fourth-order valence-corrected chi connectivity index (χ4v) is 1.91. The van der Waals surface area contributed by atoms with Gasteiger partial charge in [-0.05, 0) is 6.07 Å². The van der Waals surface area contributed by atoms with Gasteiger partial charge in [0, 0.05) is 24.7 Å². The maximum atomic E-state index is 5.37. The van der Waals surface area contributed by atoms with E-state index in [9.17, 15) is 0 Å². The van der Waals surface area contributed by atoms with Crippen molar-refractivity contribution >= 4 is 23.1 Å². The third-order valence-electron chi connectivity index (χ3n) is 2.24. The molecule has 15 heavy (non-hydrogen) atoms. The standard InChI is InChI=1S/C10H13O3SSi/c1-11-10(12-2,7-13-15)8-5-3-4-6-9(8)14/h3-6,14H,7H2,1-2H3. The van der Waals surface area contributed by atoms with Crippen LogP contribution in [-0.4, -0.2) is 31.3 Å². The summed E-state index contributed by atoms with van der Waals surface area (Å²) in [5.41, 5.74) is 0.830. The average molecular weight is 241 g/mol. The zero-order valence-electron chi connectivity index (χ0n) is 8.69. The van der Waals surface area contributed by atoms with Crippen molar-refractivity contribution in [3.63, 3.8) is 0 Å². The fraction of sp³-hybridized carbons (Fsp3) is 0.400. The van der Waals surface area contributed by atoms with Crippen LogP contribution in [0.2, 0.25) is 0 Å². The van der Waals surface area contributed by atoms with Crippen LogP contribution in [0.3, 0.4) is 0 Å². The van der Waals surface area contributed by atoms with Crippen molar-refractivity contribution in [2.75, 3.05) is 20.8 Å². The first kappa shape index (κ1) is 12.7. The van der Waals surface area contributed by atoms with Crippen LogP contribution in [0.1, 0.15) is 5.56 Å². The lowest BCUT2D eigenvalue weighted by Crippen LogP contribution is -2.36. The van der Waals surface area contributed by atoms with Crippen LogP contribution in [0.4, 0.5) is 0 Å². The Morgan fingerprint density at radius 2 is 1.87 bits per heavy atom. The van der Waals surface area contributed by atoms with Crippen LogP contribution in [0.5, 0.6) is 0 Å². The van der Waals surface area contributed by atoms with Crippen LogP contribution < -0.4 is 0 Å². The van der Waals surface area contributed by atoms with E-state index in [-0.39, 0.29) is 6.61 Å². The van der Waals surface area contributed by atoms with Gasteiger partial charge in [-0.3, -0.25) is 0 Å². The van der Waals surface area contributed by atoms with Gasteiger partial charge in [0.05, 0.1) is 6.61 Å². The molecule has 0 unspecified atom stereocenters. The summed E-state index contributed by atoms with van der Waals surface area (Å²) < 4.78 is 15.7. The predicted molar refractivity (Wildman–Crippen MR) is 61.1 cm³/mol. The third-order valence-corrected chi connectivity index (χ3v) is 2.77. The fourth-order valence-electron chi connectivity index (χ4n) is 1.39. The highest BCUT2D eigenvalue weighted by Gasteiger charge is 2.33. The van der Waals surface area contributed by atoms with Crippen molar-refractivity contribution in [1.82, 2.24) is 0 Å². The molecule has 0 aromatic heterocycles. The second kappa shape index (κ2) is 5.67. The van der Waals surface area contributed by atoms with E-state index >= 15 is 0 Å². The van der Waals surface area contributed by atoms with Crippen molar-refractivity contribution in [1.29, 1.82) is 0 Å². The Labute approximate surface area is 98.7 Å². The molecule has 0 heterocycles. The summed E-state index contributed by atoms with van der Waals surface area (Å²) in [4.78, 5) is 0.796. The van der Waals surface area contributed by atoms with E-state index in [0.717, 1.165) is 10.5 Å². The SMILES string of the molecule is COC(CO[Si])(OC)c1ccccc1S. The number of rotatable bonds is 5. The molecule has 81 valence electrons. The summed E-state index contributed by atoms with van der Waals surface area (Å²) >= 11 is 4.36. The average Bonchev–Trinajstić information content (AvgIpc) is 2.27. The van der Waals surface area contributed by atoms with Crippen LogP contribution in [-0.2, 0) is 19.7 Å². The zero-order valence-corrected chi connectivity index (χ0v) is 10.6. The maximum Gasteiger partial charge on any atom is 0.246 e. The van der Waals surface area contributed by atoms with E-state index in [1.807, 2.05) is 24.3 Å². The molecule has 1 aromatic rings. The molecule has 1 aromatic carbocycles. The first-order chi connectivity index (χ1) is 7.20. The molecule has 0 saturated carbocycles. The molecule has 0 fully saturated rings. The minimum absolute atomic E-state index is 0.231. The first-order valence-electron chi connectivity index (χ1n) is 4.37. The molecule has 3 nitrogen and oxygen atoms in total. The quantitative estimate of drug-likeness (QED) is 0.481. The molecule has 0 aliphatic carbocycles. The van der Waals surface area contributed by atoms with Crippen LogP contribution in [0, 0.1) is 0 Å². The molecule has 3 radical (unpaired) electrons. The van der Waals surface area contributed by atoms with Gasteiger partial charge in [0.15, 0.2) is 0 Å². The highest BCUT2D eigenvalue weighted by atomic mass is 32.1. The minimum Gasteiger partial charge on any atom is -0.413 e. The Hall–Kier alpha value is -0.333. The van der Waals surface area contributed by atoms with Crippen LogP contribution >= 0.6 is 12.6 Å². The number of hydrogen-bond donors (Lipinski definition) is 1. The Bertz CT molecular complexity index is 315. The molecule has 0 atom stereocenters. The van der Waals surface area contributed by atoms with Crippen LogP contribution in [0.25, 0.3) is 0 Å². The molecule has 0 saturated heterocycles. The van der Waals surface area contributed by atoms with Gasteiger partial charge in [-0.2, -0.15) is 0 Å². The van der Waals surface area contributed by atoms with E-state index in [1.165, 1.54) is 0 Å². The lowest BCUT2D eigenvalue weighted by atomic mass is 10.1. The summed E-state index contributed by atoms with van der Waals surface area (Å²) in [7, 11) is 6.08. The van der Waals surface area contributed by atoms with Gasteiger partial charge in [-0.25, -0.2) is 0 Å². The van der Waals surface area contributed by atoms with Gasteiger partial charge in [0.25, 0.3) is 0 Å². The summed E-state index contributed by atoms with van der Waals surface area (Å²) in [6, 6.07) is 7.56. The van der Waals surface area contributed by atoms with Gasteiger partial charge in [0.2, 0.25) is 16.3 Å². The van der Waals surface area contributed by atoms with Crippen LogP contribution in [0.15, 0.2) is 29.2 Å². The minimum atomic E-state index is -0.930. The largest absolute Gasteiger partial charge is 0.413 e. The predicted octanol–water partition coefficient (Wildman–Crippen LogP) is 1.52. The van der Waals surface area contributed by atoms with Crippen molar-refractivity contribution in [2.45, 2.75) is 10.7 Å². The summed E-state index contributed by atoms with van der Waals surface area (Å²) in [6.07, 6.45) is 0. The number of benzene rings is 1. The summed E-state index contributed by atoms with van der Waals surface area (Å²) in [5.74, 6) is -0.930. The molecule has 0 spiro atoms. The van der Waals surface area contributed by atoms with E-state index in [0.29, 0.717) is 0 Å². The molecule has 0 bridgehead atoms. The number of hydrogen-bond acceptors (Lipinski definition) is 4. The molecule has 0 aliphatic rings. The van der Waals surface area contributed by atoms with Gasteiger partial charge in [-0.1, -0.05) is 18.2 Å². The summed E-state index contributed by atoms with van der Waals surface area (Å²) in [5, 5.41) is 0. The Balaban J connectivity index is 3.13. The van der Waals surface area contributed by atoms with E-state index in [1.54, 1.807) is 14.2 Å². The van der Waals surface area contributed by atoms with Gasteiger partial charge in [0.1, 0.15) is 0 Å². The maximum absolute atomic E-state index is 5.37. The molecule has 0 N–H and O–H groups in total. The second-order valence-electron chi connectivity index (χ2n) is 2.97. The van der Waals surface area contributed by atoms with Crippen molar-refractivity contribution in [2.24, 2.45) is 0 Å². The van der Waals surface area contributed by atoms with Gasteiger partial charge >= 0.3 is 0 Å². The van der Waals surface area contributed by atoms with Gasteiger partial charge in [-0.15, -0.1) is 12.6 Å². The molecular formula is C10H13O3SSi. The zero-order chi connectivity index (χ0) is 11.3. The van der Waals surface area contributed by atoms with Crippen molar-refractivity contribution in [3.05, 3.63) is 29.8 Å². The van der Waals surface area contributed by atoms with E-state index in [2.05, 4.69) is 23.1 Å². The molecule has 5 heteroatoms. The second-order valence-corrected chi connectivity index (χ2v) is 3.74. The topological polar surface area (TPSA) is 27.7 Å². The lowest BCUT2D eigenvalue weighted by molar-refractivity contribution is -0.232. The Morgan fingerprint density at radius 1 is 1.27 bits per heavy atom. The Kier molecular flexibility index (Phi) is 4.81. The molecule has 1 rings (SSSR count). The molecule has 0 aliphatic heterocycles. The molecular weight excluding hydrogens is 228 g/mol. The number of methoxy groups -OCH3 is 2. The Morgan fingerprint density at radius 3 is 2.33 bits per heavy atom. The van der Waals surface area contributed by atoms with Gasteiger partial charge < -0.3 is 13.9 Å². The third kappa shape index (κ3) is 2.62. The van der Waals surface area contributed by atoms with E-state index < -0.39 is 5.79 Å². The highest BCUT2D eigenvalue weighted by molar-refractivity contribution is 7.80. The summed E-state index contributed by atoms with van der Waals surface area (Å²) in [6.45, 7) is 0.231.